The number of aromatic nitrogens is 6. The Balaban J connectivity index is 1.51. The van der Waals surface area contributed by atoms with Crippen molar-refractivity contribution in [2.75, 3.05) is 23.3 Å². The minimum absolute atomic E-state index is 0.0540. The highest BCUT2D eigenvalue weighted by Gasteiger charge is 2.16. The number of fused-ring (bicyclic) bond motifs is 2. The van der Waals surface area contributed by atoms with Gasteiger partial charge in [-0.1, -0.05) is 0 Å². The molecule has 4 aromatic rings. The van der Waals surface area contributed by atoms with Gasteiger partial charge in [0.15, 0.2) is 5.82 Å². The maximum absolute atomic E-state index is 11.8. The number of carbonyl (C=O) groups is 1. The highest BCUT2D eigenvalue weighted by atomic mass is 16.2. The molecule has 5 rings (SSSR count). The van der Waals surface area contributed by atoms with Gasteiger partial charge in [-0.25, -0.2) is 9.97 Å². The van der Waals surface area contributed by atoms with Gasteiger partial charge in [0.25, 0.3) is 5.56 Å². The molecule has 0 spiro atoms. The zero-order valence-corrected chi connectivity index (χ0v) is 17.2. The van der Waals surface area contributed by atoms with Crippen molar-refractivity contribution in [2.45, 2.75) is 19.9 Å². The quantitative estimate of drug-likeness (QED) is 0.354. The molecule has 6 N–H and O–H groups in total. The largest absolute Gasteiger partial charge is 0.393 e. The molecule has 4 aromatic heterocycles. The maximum Gasteiger partial charge on any atom is 0.296 e. The molecule has 0 aliphatic carbocycles. The Hall–Kier alpha value is -4.48. The molecule has 0 unspecified atom stereocenters. The van der Waals surface area contributed by atoms with Crippen LogP contribution in [0.3, 0.4) is 0 Å². The molecular formula is C20H20N10O2. The number of nitrogens with one attached hydrogen (secondary N) is 2. The summed E-state index contributed by atoms with van der Waals surface area (Å²) in [4.78, 5) is 36.0. The van der Waals surface area contributed by atoms with Crippen molar-refractivity contribution in [3.8, 4) is 5.82 Å². The number of hydrogen-bond acceptors (Lipinski definition) is 9. The zero-order chi connectivity index (χ0) is 22.4. The van der Waals surface area contributed by atoms with Gasteiger partial charge < -0.3 is 22.1 Å². The number of nitrogens with two attached hydrogens (primary N) is 2. The van der Waals surface area contributed by atoms with Crippen molar-refractivity contribution in [1.82, 2.24) is 34.6 Å². The molecule has 1 aliphatic heterocycles. The predicted octanol–water partition coefficient (Wildman–Crippen LogP) is 0.261. The molecule has 32 heavy (non-hydrogen) atoms. The summed E-state index contributed by atoms with van der Waals surface area (Å²) >= 11 is 0. The highest BCUT2D eigenvalue weighted by Crippen LogP contribution is 2.26. The van der Waals surface area contributed by atoms with Gasteiger partial charge in [-0.05, 0) is 24.4 Å². The molecule has 1 aliphatic rings. The molecule has 162 valence electrons. The Morgan fingerprint density at radius 1 is 1.12 bits per heavy atom. The van der Waals surface area contributed by atoms with Crippen molar-refractivity contribution < 1.29 is 4.79 Å². The van der Waals surface area contributed by atoms with E-state index in [-0.39, 0.29) is 24.0 Å². The van der Waals surface area contributed by atoms with E-state index >= 15 is 0 Å². The summed E-state index contributed by atoms with van der Waals surface area (Å²) in [6.45, 7) is 2.48. The minimum Gasteiger partial charge on any atom is -0.393 e. The zero-order valence-electron chi connectivity index (χ0n) is 17.2. The smallest absolute Gasteiger partial charge is 0.296 e. The summed E-state index contributed by atoms with van der Waals surface area (Å²) in [5.74, 6) is 1.85. The van der Waals surface area contributed by atoms with Crippen LogP contribution in [0, 0.1) is 6.92 Å². The lowest BCUT2D eigenvalue weighted by Gasteiger charge is -2.13. The number of hydrogen-bond donors (Lipinski definition) is 4. The van der Waals surface area contributed by atoms with Crippen LogP contribution >= 0.6 is 0 Å². The van der Waals surface area contributed by atoms with Gasteiger partial charge >= 0.3 is 0 Å². The minimum atomic E-state index is -0.487. The Bertz CT molecular complexity index is 1440. The van der Waals surface area contributed by atoms with Gasteiger partial charge in [0.05, 0.1) is 5.69 Å². The normalized spacial score (nSPS) is 13.5. The second-order valence-corrected chi connectivity index (χ2v) is 7.48. The van der Waals surface area contributed by atoms with Crippen molar-refractivity contribution >= 4 is 39.8 Å². The Kier molecular flexibility index (Phi) is 4.47. The standard InChI is InChI=1S/C20H20N10O2/c1-10-18(21)20(32)25-9-29(10)16-5-11-4-14(24-7-13(11)19(22)27-16)26-15-6-12-2-3-23-17(31)8-30(12)28-15/h4-7,9H,2-3,8,21H2,1H3,(H2,22,27)(H,23,31)(H,24,26,28). The monoisotopic (exact) mass is 432 g/mol. The fourth-order valence-electron chi connectivity index (χ4n) is 3.64. The summed E-state index contributed by atoms with van der Waals surface area (Å²) in [6, 6.07) is 5.53. The topological polar surface area (TPSA) is 172 Å². The van der Waals surface area contributed by atoms with E-state index in [0.717, 1.165) is 11.1 Å². The van der Waals surface area contributed by atoms with Crippen LogP contribution in [0.25, 0.3) is 16.6 Å². The number of amides is 1. The molecule has 12 nitrogen and oxygen atoms in total. The van der Waals surface area contributed by atoms with Crippen LogP contribution < -0.4 is 27.7 Å². The highest BCUT2D eigenvalue weighted by molar-refractivity contribution is 5.93. The van der Waals surface area contributed by atoms with Crippen LogP contribution in [-0.2, 0) is 17.8 Å². The SMILES string of the molecule is Cc1c(N)c(=O)ncn1-c1cc2cc(Nc3cc4n(n3)CC(=O)NCC4)ncc2c(N)n1. The lowest BCUT2D eigenvalue weighted by Crippen LogP contribution is -2.25. The molecule has 12 heteroatoms. The summed E-state index contributed by atoms with van der Waals surface area (Å²) in [5.41, 5.74) is 13.0. The molecule has 0 aromatic carbocycles. The van der Waals surface area contributed by atoms with E-state index in [0.29, 0.717) is 41.5 Å². The third-order valence-electron chi connectivity index (χ3n) is 5.37. The third-order valence-corrected chi connectivity index (χ3v) is 5.37. The van der Waals surface area contributed by atoms with E-state index in [1.54, 1.807) is 22.4 Å². The van der Waals surface area contributed by atoms with Crippen molar-refractivity contribution in [2.24, 2.45) is 0 Å². The predicted molar refractivity (Wildman–Crippen MR) is 119 cm³/mol. The molecular weight excluding hydrogens is 412 g/mol. The van der Waals surface area contributed by atoms with E-state index in [4.69, 9.17) is 11.5 Å². The molecule has 0 saturated heterocycles. The van der Waals surface area contributed by atoms with Crippen LogP contribution in [0.15, 0.2) is 35.5 Å². The van der Waals surface area contributed by atoms with E-state index in [1.807, 2.05) is 18.2 Å². The Labute approximate surface area is 181 Å². The number of rotatable bonds is 3. The van der Waals surface area contributed by atoms with E-state index in [9.17, 15) is 9.59 Å². The van der Waals surface area contributed by atoms with Crippen LogP contribution in [0.4, 0.5) is 23.1 Å². The number of pyridine rings is 2. The second kappa shape index (κ2) is 7.34. The Morgan fingerprint density at radius 3 is 2.81 bits per heavy atom. The molecule has 0 fully saturated rings. The van der Waals surface area contributed by atoms with Gasteiger partial charge in [0.1, 0.15) is 36.0 Å². The fourth-order valence-corrected chi connectivity index (χ4v) is 3.64. The van der Waals surface area contributed by atoms with Crippen LogP contribution in [-0.4, -0.2) is 41.8 Å². The first-order valence-electron chi connectivity index (χ1n) is 9.90. The molecule has 0 radical (unpaired) electrons. The van der Waals surface area contributed by atoms with E-state index in [2.05, 4.69) is 30.7 Å². The van der Waals surface area contributed by atoms with Gasteiger partial charge in [-0.15, -0.1) is 0 Å². The third kappa shape index (κ3) is 3.37. The summed E-state index contributed by atoms with van der Waals surface area (Å²) in [7, 11) is 0. The second-order valence-electron chi connectivity index (χ2n) is 7.48. The molecule has 0 saturated carbocycles. The summed E-state index contributed by atoms with van der Waals surface area (Å²) < 4.78 is 3.29. The van der Waals surface area contributed by atoms with Gasteiger partial charge in [0, 0.05) is 36.3 Å². The van der Waals surface area contributed by atoms with Crippen molar-refractivity contribution in [3.63, 3.8) is 0 Å². The van der Waals surface area contributed by atoms with Crippen LogP contribution in [0.2, 0.25) is 0 Å². The number of carbonyl (C=O) groups excluding carboxylic acids is 1. The first kappa shape index (κ1) is 19.5. The lowest BCUT2D eigenvalue weighted by molar-refractivity contribution is -0.121. The van der Waals surface area contributed by atoms with Crippen LogP contribution in [0.5, 0.6) is 0 Å². The van der Waals surface area contributed by atoms with Gasteiger partial charge in [0.2, 0.25) is 5.91 Å². The Morgan fingerprint density at radius 2 is 1.97 bits per heavy atom. The van der Waals surface area contributed by atoms with Crippen molar-refractivity contribution in [1.29, 1.82) is 0 Å². The molecule has 0 atom stereocenters. The van der Waals surface area contributed by atoms with Gasteiger partial charge in [-0.3, -0.25) is 18.8 Å². The fraction of sp³-hybridized carbons (Fsp3) is 0.200. The number of nitrogens with zero attached hydrogens (tertiary/aromatic N) is 6. The average Bonchev–Trinajstić information content (AvgIpc) is 3.03. The molecule has 5 heterocycles. The van der Waals surface area contributed by atoms with Gasteiger partial charge in [-0.2, -0.15) is 10.1 Å². The number of anilines is 4. The van der Waals surface area contributed by atoms with Crippen LogP contribution in [0.1, 0.15) is 11.4 Å². The summed E-state index contributed by atoms with van der Waals surface area (Å²) in [5, 5.41) is 11.9. The van der Waals surface area contributed by atoms with E-state index in [1.165, 1.54) is 6.33 Å². The number of nitrogen functional groups attached to an aromatic ring is 2. The first-order chi connectivity index (χ1) is 15.4. The van der Waals surface area contributed by atoms with Crippen molar-refractivity contribution in [3.05, 3.63) is 52.5 Å². The molecule has 1 amide bonds. The van der Waals surface area contributed by atoms with E-state index < -0.39 is 5.56 Å². The lowest BCUT2D eigenvalue weighted by atomic mass is 10.2. The summed E-state index contributed by atoms with van der Waals surface area (Å²) in [6.07, 6.45) is 3.70. The maximum atomic E-state index is 11.8. The first-order valence-corrected chi connectivity index (χ1v) is 9.90. The molecule has 0 bridgehead atoms. The average molecular weight is 432 g/mol.